The van der Waals surface area contributed by atoms with E-state index in [1.54, 1.807) is 6.20 Å². The number of imidazole rings is 1. The Hall–Kier alpha value is -4.37. The average molecular weight is 601 g/mol. The van der Waals surface area contributed by atoms with E-state index in [2.05, 4.69) is 30.9 Å². The van der Waals surface area contributed by atoms with E-state index in [0.717, 1.165) is 16.5 Å². The quantitative estimate of drug-likeness (QED) is 0.100. The van der Waals surface area contributed by atoms with Crippen molar-refractivity contribution in [1.29, 1.82) is 0 Å². The lowest BCUT2D eigenvalue weighted by molar-refractivity contribution is -0.142. The molecule has 15 heteroatoms. The number of rotatable bonds is 17. The molecule has 10 N–H and O–H groups in total. The number of carbonyl (C=O) groups is 5. The molecule has 0 aliphatic carbocycles. The summed E-state index contributed by atoms with van der Waals surface area (Å²) in [4.78, 5) is 72.4. The summed E-state index contributed by atoms with van der Waals surface area (Å²) in [6.45, 7) is 0. The van der Waals surface area contributed by atoms with Gasteiger partial charge in [-0.25, -0.2) is 9.78 Å². The Bertz CT molecular complexity index is 1380. The Labute approximate surface area is 246 Å². The molecule has 4 atom stereocenters. The zero-order valence-electron chi connectivity index (χ0n) is 23.1. The summed E-state index contributed by atoms with van der Waals surface area (Å²) in [7, 11) is 0. The highest BCUT2D eigenvalue weighted by molar-refractivity contribution is 7.98. The molecule has 3 rings (SSSR count). The van der Waals surface area contributed by atoms with Gasteiger partial charge in [-0.1, -0.05) is 18.2 Å². The van der Waals surface area contributed by atoms with Crippen molar-refractivity contribution in [2.75, 3.05) is 12.0 Å². The number of H-pyrrole nitrogens is 2. The van der Waals surface area contributed by atoms with Gasteiger partial charge in [0.1, 0.15) is 18.1 Å². The van der Waals surface area contributed by atoms with Gasteiger partial charge in [0.05, 0.1) is 12.4 Å². The van der Waals surface area contributed by atoms with Crippen LogP contribution >= 0.6 is 11.8 Å². The lowest BCUT2D eigenvalue weighted by atomic mass is 10.0. The van der Waals surface area contributed by atoms with Crippen LogP contribution in [0.15, 0.2) is 43.0 Å². The van der Waals surface area contributed by atoms with E-state index >= 15 is 0 Å². The van der Waals surface area contributed by atoms with Gasteiger partial charge >= 0.3 is 5.97 Å². The number of carboxylic acids is 1. The standard InChI is InChI=1S/C27H36N8O6S/c1-42-9-8-20(33-24(37)18(28)10-15-12-31-19-5-3-2-4-17(15)19)25(38)35-22(11-16-13-30-14-32-16)26(39)34-21(27(40)41)6-7-23(29)36/h2-5,12-14,18,20-22,31H,6-11,28H2,1H3,(H2,29,36)(H,30,32)(H,33,37)(H,34,39)(H,35,38)(H,40,41). The van der Waals surface area contributed by atoms with Crippen LogP contribution in [0.3, 0.4) is 0 Å². The lowest BCUT2D eigenvalue weighted by Gasteiger charge is -2.25. The van der Waals surface area contributed by atoms with Gasteiger partial charge in [-0.05, 0) is 42.9 Å². The summed E-state index contributed by atoms with van der Waals surface area (Å²) in [5, 5.41) is 18.2. The molecule has 1 aromatic carbocycles. The van der Waals surface area contributed by atoms with Gasteiger partial charge < -0.3 is 42.5 Å². The van der Waals surface area contributed by atoms with Crippen LogP contribution in [0.25, 0.3) is 10.9 Å². The van der Waals surface area contributed by atoms with E-state index in [0.29, 0.717) is 11.4 Å². The zero-order valence-corrected chi connectivity index (χ0v) is 23.9. The molecule has 4 amide bonds. The summed E-state index contributed by atoms with van der Waals surface area (Å²) in [6.07, 6.45) is 6.49. The van der Waals surface area contributed by atoms with Crippen molar-refractivity contribution in [1.82, 2.24) is 30.9 Å². The van der Waals surface area contributed by atoms with Crippen molar-refractivity contribution in [3.63, 3.8) is 0 Å². The molecule has 42 heavy (non-hydrogen) atoms. The highest BCUT2D eigenvalue weighted by Crippen LogP contribution is 2.19. The summed E-state index contributed by atoms with van der Waals surface area (Å²) < 4.78 is 0. The fourth-order valence-electron chi connectivity index (χ4n) is 4.33. The molecular weight excluding hydrogens is 564 g/mol. The van der Waals surface area contributed by atoms with Gasteiger partial charge in [0.2, 0.25) is 23.6 Å². The van der Waals surface area contributed by atoms with Crippen molar-refractivity contribution in [2.24, 2.45) is 11.5 Å². The Morgan fingerprint density at radius 1 is 0.952 bits per heavy atom. The first kappa shape index (κ1) is 32.1. The van der Waals surface area contributed by atoms with Crippen LogP contribution in [0.5, 0.6) is 0 Å². The van der Waals surface area contributed by atoms with Crippen LogP contribution < -0.4 is 27.4 Å². The van der Waals surface area contributed by atoms with E-state index in [4.69, 9.17) is 11.5 Å². The van der Waals surface area contributed by atoms with E-state index in [1.807, 2.05) is 30.5 Å². The number of aromatic nitrogens is 3. The number of para-hydroxylation sites is 1. The maximum Gasteiger partial charge on any atom is 0.326 e. The summed E-state index contributed by atoms with van der Waals surface area (Å²) in [6, 6.07) is 3.05. The number of thioether (sulfide) groups is 1. The maximum atomic E-state index is 13.4. The first-order valence-electron chi connectivity index (χ1n) is 13.3. The second-order valence-corrected chi connectivity index (χ2v) is 10.7. The van der Waals surface area contributed by atoms with Crippen LogP contribution in [-0.4, -0.2) is 85.8 Å². The smallest absolute Gasteiger partial charge is 0.326 e. The number of aromatic amines is 2. The van der Waals surface area contributed by atoms with Gasteiger partial charge in [-0.2, -0.15) is 11.8 Å². The largest absolute Gasteiger partial charge is 0.480 e. The first-order valence-corrected chi connectivity index (χ1v) is 14.7. The van der Waals surface area contributed by atoms with Gasteiger partial charge in [0, 0.05) is 41.8 Å². The number of nitrogens with zero attached hydrogens (tertiary/aromatic N) is 1. The number of hydrogen-bond donors (Lipinski definition) is 8. The van der Waals surface area contributed by atoms with Crippen molar-refractivity contribution >= 4 is 52.3 Å². The van der Waals surface area contributed by atoms with Crippen LogP contribution in [-0.2, 0) is 36.8 Å². The molecule has 226 valence electrons. The average Bonchev–Trinajstić information content (AvgIpc) is 3.62. The van der Waals surface area contributed by atoms with Crippen molar-refractivity contribution in [2.45, 2.75) is 56.3 Å². The number of benzene rings is 1. The maximum absolute atomic E-state index is 13.4. The highest BCUT2D eigenvalue weighted by atomic mass is 32.2. The minimum absolute atomic E-state index is 0.0387. The number of fused-ring (bicyclic) bond motifs is 1. The van der Waals surface area contributed by atoms with Crippen LogP contribution in [0, 0.1) is 0 Å². The molecule has 4 unspecified atom stereocenters. The Morgan fingerprint density at radius 3 is 2.31 bits per heavy atom. The predicted octanol–water partition coefficient (Wildman–Crippen LogP) is -0.439. The predicted molar refractivity (Wildman–Crippen MR) is 157 cm³/mol. The molecule has 0 saturated carbocycles. The summed E-state index contributed by atoms with van der Waals surface area (Å²) >= 11 is 1.47. The van der Waals surface area contributed by atoms with Gasteiger partial charge in [0.25, 0.3) is 0 Å². The minimum atomic E-state index is -1.40. The van der Waals surface area contributed by atoms with E-state index in [-0.39, 0.29) is 32.1 Å². The molecule has 0 saturated heterocycles. The van der Waals surface area contributed by atoms with Crippen molar-refractivity contribution < 1.29 is 29.1 Å². The number of nitrogens with one attached hydrogen (secondary N) is 5. The SMILES string of the molecule is CSCCC(NC(=O)C(N)Cc1c[nH]c2ccccc12)C(=O)NC(Cc1cnc[nH]1)C(=O)NC(CCC(N)=O)C(=O)O. The molecule has 2 aromatic heterocycles. The van der Waals surface area contributed by atoms with Crippen LogP contribution in [0.1, 0.15) is 30.5 Å². The van der Waals surface area contributed by atoms with Crippen molar-refractivity contribution in [3.8, 4) is 0 Å². The van der Waals surface area contributed by atoms with E-state index < -0.39 is 53.8 Å². The Kier molecular flexibility index (Phi) is 11.9. The molecular formula is C27H36N8O6S. The third-order valence-corrected chi connectivity index (χ3v) is 7.24. The number of amides is 4. The van der Waals surface area contributed by atoms with Gasteiger partial charge in [0.15, 0.2) is 0 Å². The topological polar surface area (TPSA) is 238 Å². The zero-order chi connectivity index (χ0) is 30.6. The molecule has 0 radical (unpaired) electrons. The number of carbonyl (C=O) groups excluding carboxylic acids is 4. The van der Waals surface area contributed by atoms with Crippen LogP contribution in [0.4, 0.5) is 0 Å². The monoisotopic (exact) mass is 600 g/mol. The Balaban J connectivity index is 1.72. The number of primary amides is 1. The van der Waals surface area contributed by atoms with E-state index in [1.165, 1.54) is 24.3 Å². The fourth-order valence-corrected chi connectivity index (χ4v) is 4.80. The third kappa shape index (κ3) is 9.34. The molecule has 0 aliphatic rings. The number of hydrogen-bond acceptors (Lipinski definition) is 8. The number of carboxylic acid groups (broad SMARTS) is 1. The molecule has 0 fully saturated rings. The second kappa shape index (κ2) is 15.6. The highest BCUT2D eigenvalue weighted by Gasteiger charge is 2.31. The summed E-state index contributed by atoms with van der Waals surface area (Å²) in [5.41, 5.74) is 13.6. The van der Waals surface area contributed by atoms with E-state index in [9.17, 15) is 29.1 Å². The van der Waals surface area contributed by atoms with Gasteiger partial charge in [-0.3, -0.25) is 19.2 Å². The molecule has 0 bridgehead atoms. The molecule has 14 nitrogen and oxygen atoms in total. The van der Waals surface area contributed by atoms with Crippen LogP contribution in [0.2, 0.25) is 0 Å². The number of nitrogens with two attached hydrogens (primary N) is 2. The minimum Gasteiger partial charge on any atom is -0.480 e. The molecule has 3 aromatic rings. The summed E-state index contributed by atoms with van der Waals surface area (Å²) in [5.74, 6) is -3.50. The fraction of sp³-hybridized carbons (Fsp3) is 0.407. The number of aliphatic carboxylic acids is 1. The lowest BCUT2D eigenvalue weighted by Crippen LogP contribution is -2.58. The van der Waals surface area contributed by atoms with Crippen molar-refractivity contribution in [3.05, 3.63) is 54.2 Å². The second-order valence-electron chi connectivity index (χ2n) is 9.76. The molecule has 2 heterocycles. The normalized spacial score (nSPS) is 14.0. The molecule has 0 spiro atoms. The molecule has 0 aliphatic heterocycles. The van der Waals surface area contributed by atoms with Gasteiger partial charge in [-0.15, -0.1) is 0 Å². The first-order chi connectivity index (χ1) is 20.1. The Morgan fingerprint density at radius 2 is 1.64 bits per heavy atom. The third-order valence-electron chi connectivity index (χ3n) is 6.60.